The van der Waals surface area contributed by atoms with E-state index in [-0.39, 0.29) is 6.42 Å². The molecule has 0 atom stereocenters. The molecule has 20 heavy (non-hydrogen) atoms. The van der Waals surface area contributed by atoms with Crippen LogP contribution in [-0.2, 0) is 16.0 Å². The lowest BCUT2D eigenvalue weighted by molar-refractivity contribution is -0.136. The zero-order valence-electron chi connectivity index (χ0n) is 11.7. The molecule has 6 heteroatoms. The minimum Gasteiger partial charge on any atom is -0.481 e. The molecule has 110 valence electrons. The Hall–Kier alpha value is -1.75. The normalized spacial score (nSPS) is 11.0. The molecule has 0 saturated carbocycles. The van der Waals surface area contributed by atoms with Crippen LogP contribution >= 0.6 is 11.6 Å². The van der Waals surface area contributed by atoms with Crippen molar-refractivity contribution in [3.05, 3.63) is 28.8 Å². The number of nitrogens with one attached hydrogen (secondary N) is 1. The summed E-state index contributed by atoms with van der Waals surface area (Å²) in [5, 5.41) is 11.8. The lowest BCUT2D eigenvalue weighted by Crippen LogP contribution is -2.27. The summed E-state index contributed by atoms with van der Waals surface area (Å²) < 4.78 is 5.15. The third kappa shape index (κ3) is 5.93. The van der Waals surface area contributed by atoms with Crippen molar-refractivity contribution in [1.82, 2.24) is 0 Å². The van der Waals surface area contributed by atoms with Crippen molar-refractivity contribution in [3.8, 4) is 0 Å². The van der Waals surface area contributed by atoms with Crippen LogP contribution in [0.4, 0.5) is 10.5 Å². The molecule has 0 saturated heterocycles. The second-order valence-corrected chi connectivity index (χ2v) is 5.76. The second kappa shape index (κ2) is 6.61. The van der Waals surface area contributed by atoms with E-state index in [9.17, 15) is 9.59 Å². The van der Waals surface area contributed by atoms with E-state index in [2.05, 4.69) is 5.32 Å². The molecule has 1 aromatic carbocycles. The molecule has 0 radical (unpaired) electrons. The first-order valence-corrected chi connectivity index (χ1v) is 6.55. The number of ether oxygens (including phenoxy) is 1. The molecule has 0 fully saturated rings. The lowest BCUT2D eigenvalue weighted by atomic mass is 10.1. The van der Waals surface area contributed by atoms with E-state index in [0.717, 1.165) is 0 Å². The van der Waals surface area contributed by atoms with Gasteiger partial charge in [-0.1, -0.05) is 17.7 Å². The van der Waals surface area contributed by atoms with Crippen molar-refractivity contribution in [2.75, 3.05) is 5.32 Å². The summed E-state index contributed by atoms with van der Waals surface area (Å²) in [5.41, 5.74) is 0.555. The van der Waals surface area contributed by atoms with E-state index in [1.54, 1.807) is 39.0 Å². The highest BCUT2D eigenvalue weighted by Crippen LogP contribution is 2.23. The molecule has 2 N–H and O–H groups in total. The van der Waals surface area contributed by atoms with Crippen LogP contribution in [0.15, 0.2) is 18.2 Å². The Balaban J connectivity index is 2.84. The zero-order valence-corrected chi connectivity index (χ0v) is 12.5. The standard InChI is InChI=1S/C14H18ClNO4/c1-14(2,3)20-13(19)16-11-8-10(15)6-4-9(11)5-7-12(17)18/h4,6,8H,5,7H2,1-3H3,(H,16,19)(H,17,18). The number of amides is 1. The van der Waals surface area contributed by atoms with Gasteiger partial charge in [0, 0.05) is 17.1 Å². The van der Waals surface area contributed by atoms with Crippen molar-refractivity contribution in [3.63, 3.8) is 0 Å². The monoisotopic (exact) mass is 299 g/mol. The summed E-state index contributed by atoms with van der Waals surface area (Å²) >= 11 is 5.89. The molecular weight excluding hydrogens is 282 g/mol. The number of aryl methyl sites for hydroxylation is 1. The van der Waals surface area contributed by atoms with E-state index in [1.165, 1.54) is 0 Å². The molecule has 0 spiro atoms. The summed E-state index contributed by atoms with van der Waals surface area (Å²) in [7, 11) is 0. The van der Waals surface area contributed by atoms with Crippen LogP contribution in [0.5, 0.6) is 0 Å². The molecular formula is C14H18ClNO4. The van der Waals surface area contributed by atoms with E-state index in [1.807, 2.05) is 0 Å². The molecule has 0 aliphatic heterocycles. The Labute approximate surface area is 122 Å². The van der Waals surface area contributed by atoms with Crippen LogP contribution in [0.1, 0.15) is 32.8 Å². The third-order valence-electron chi connectivity index (χ3n) is 2.32. The molecule has 1 rings (SSSR count). The van der Waals surface area contributed by atoms with Gasteiger partial charge in [0.1, 0.15) is 5.60 Å². The van der Waals surface area contributed by atoms with Crippen molar-refractivity contribution in [2.45, 2.75) is 39.2 Å². The number of benzene rings is 1. The summed E-state index contributed by atoms with van der Waals surface area (Å²) in [6.45, 7) is 5.28. The first-order chi connectivity index (χ1) is 9.17. The number of carboxylic acids is 1. The maximum Gasteiger partial charge on any atom is 0.412 e. The summed E-state index contributed by atoms with van der Waals surface area (Å²) in [6, 6.07) is 4.92. The highest BCUT2D eigenvalue weighted by molar-refractivity contribution is 6.31. The molecule has 5 nitrogen and oxygen atoms in total. The van der Waals surface area contributed by atoms with Crippen LogP contribution in [0.25, 0.3) is 0 Å². The molecule has 0 bridgehead atoms. The molecule has 0 heterocycles. The molecule has 1 aromatic rings. The van der Waals surface area contributed by atoms with E-state index in [4.69, 9.17) is 21.4 Å². The van der Waals surface area contributed by atoms with Gasteiger partial charge in [0.15, 0.2) is 0 Å². The quantitative estimate of drug-likeness (QED) is 0.888. The van der Waals surface area contributed by atoms with Gasteiger partial charge in [-0.2, -0.15) is 0 Å². The first-order valence-electron chi connectivity index (χ1n) is 6.17. The van der Waals surface area contributed by atoms with Crippen LogP contribution < -0.4 is 5.32 Å². The van der Waals surface area contributed by atoms with Gasteiger partial charge in [0.25, 0.3) is 0 Å². The van der Waals surface area contributed by atoms with E-state index in [0.29, 0.717) is 22.7 Å². The van der Waals surface area contributed by atoms with Crippen LogP contribution in [-0.4, -0.2) is 22.8 Å². The Kier molecular flexibility index (Phi) is 5.39. The fraction of sp³-hybridized carbons (Fsp3) is 0.429. The zero-order chi connectivity index (χ0) is 15.3. The number of hydrogen-bond donors (Lipinski definition) is 2. The fourth-order valence-corrected chi connectivity index (χ4v) is 1.71. The summed E-state index contributed by atoms with van der Waals surface area (Å²) in [5.74, 6) is -0.900. The van der Waals surface area contributed by atoms with E-state index < -0.39 is 17.7 Å². The number of halogens is 1. The molecule has 0 aliphatic rings. The van der Waals surface area contributed by atoms with Crippen LogP contribution in [0, 0.1) is 0 Å². The van der Waals surface area contributed by atoms with Crippen molar-refractivity contribution < 1.29 is 19.4 Å². The van der Waals surface area contributed by atoms with Crippen LogP contribution in [0.2, 0.25) is 5.02 Å². The number of anilines is 1. The average Bonchev–Trinajstić information content (AvgIpc) is 2.24. The number of rotatable bonds is 4. The van der Waals surface area contributed by atoms with Crippen molar-refractivity contribution >= 4 is 29.4 Å². The Morgan fingerprint density at radius 2 is 2.00 bits per heavy atom. The van der Waals surface area contributed by atoms with Crippen molar-refractivity contribution in [1.29, 1.82) is 0 Å². The lowest BCUT2D eigenvalue weighted by Gasteiger charge is -2.20. The number of carboxylic acid groups (broad SMARTS) is 1. The van der Waals surface area contributed by atoms with Gasteiger partial charge in [-0.05, 0) is 44.9 Å². The largest absolute Gasteiger partial charge is 0.481 e. The number of carbonyl (C=O) groups excluding carboxylic acids is 1. The molecule has 0 aliphatic carbocycles. The predicted molar refractivity (Wildman–Crippen MR) is 77.3 cm³/mol. The van der Waals surface area contributed by atoms with Gasteiger partial charge in [-0.3, -0.25) is 10.1 Å². The van der Waals surface area contributed by atoms with Crippen molar-refractivity contribution in [2.24, 2.45) is 0 Å². The van der Waals surface area contributed by atoms with Gasteiger partial charge < -0.3 is 9.84 Å². The Bertz CT molecular complexity index is 508. The highest BCUT2D eigenvalue weighted by Gasteiger charge is 2.17. The minimum atomic E-state index is -0.900. The maximum atomic E-state index is 11.7. The Morgan fingerprint density at radius 1 is 1.35 bits per heavy atom. The Morgan fingerprint density at radius 3 is 2.55 bits per heavy atom. The SMILES string of the molecule is CC(C)(C)OC(=O)Nc1cc(Cl)ccc1CCC(=O)O. The summed E-state index contributed by atoms with van der Waals surface area (Å²) in [6.07, 6.45) is -0.321. The molecule has 0 unspecified atom stereocenters. The molecule has 1 amide bonds. The maximum absolute atomic E-state index is 11.7. The number of carbonyl (C=O) groups is 2. The molecule has 0 aromatic heterocycles. The van der Waals surface area contributed by atoms with Gasteiger partial charge in [-0.25, -0.2) is 4.79 Å². The predicted octanol–water partition coefficient (Wildman–Crippen LogP) is 3.70. The first kappa shape index (κ1) is 16.3. The van der Waals surface area contributed by atoms with E-state index >= 15 is 0 Å². The minimum absolute atomic E-state index is 0.0232. The number of hydrogen-bond acceptors (Lipinski definition) is 3. The van der Waals surface area contributed by atoms with Gasteiger partial charge >= 0.3 is 12.1 Å². The third-order valence-corrected chi connectivity index (χ3v) is 2.55. The topological polar surface area (TPSA) is 75.6 Å². The second-order valence-electron chi connectivity index (χ2n) is 5.32. The summed E-state index contributed by atoms with van der Waals surface area (Å²) in [4.78, 5) is 22.4. The number of aliphatic carboxylic acids is 1. The van der Waals surface area contributed by atoms with Gasteiger partial charge in [0.2, 0.25) is 0 Å². The fourth-order valence-electron chi connectivity index (χ4n) is 1.54. The smallest absolute Gasteiger partial charge is 0.412 e. The average molecular weight is 300 g/mol. The van der Waals surface area contributed by atoms with Gasteiger partial charge in [0.05, 0.1) is 0 Å². The van der Waals surface area contributed by atoms with Gasteiger partial charge in [-0.15, -0.1) is 0 Å². The van der Waals surface area contributed by atoms with Crippen LogP contribution in [0.3, 0.4) is 0 Å². The highest BCUT2D eigenvalue weighted by atomic mass is 35.5.